The molecular weight excluding hydrogens is 268 g/mol. The van der Waals surface area contributed by atoms with Crippen molar-refractivity contribution in [1.29, 1.82) is 0 Å². The van der Waals surface area contributed by atoms with Gasteiger partial charge in [0.15, 0.2) is 0 Å². The van der Waals surface area contributed by atoms with Gasteiger partial charge in [0.25, 0.3) is 5.56 Å². The SMILES string of the molecule is Cc1nc(C)c(C(C)NC(C)c2c(C)noc2C)c(=O)[nH]1. The van der Waals surface area contributed by atoms with E-state index in [1.807, 2.05) is 34.6 Å². The Morgan fingerprint density at radius 1 is 1.05 bits per heavy atom. The minimum absolute atomic E-state index is 0.0337. The van der Waals surface area contributed by atoms with Crippen molar-refractivity contribution in [2.45, 2.75) is 53.6 Å². The first-order valence-corrected chi connectivity index (χ1v) is 7.07. The number of aromatic nitrogens is 3. The number of nitrogens with zero attached hydrogens (tertiary/aromatic N) is 2. The summed E-state index contributed by atoms with van der Waals surface area (Å²) in [5.41, 5.74) is 3.23. The van der Waals surface area contributed by atoms with Gasteiger partial charge in [0.2, 0.25) is 0 Å². The second kappa shape index (κ2) is 5.81. The van der Waals surface area contributed by atoms with E-state index in [0.717, 1.165) is 22.7 Å². The molecule has 0 aliphatic rings. The molecular formula is C15H22N4O2. The molecule has 2 N–H and O–H groups in total. The molecule has 0 aromatic carbocycles. The molecule has 2 heterocycles. The van der Waals surface area contributed by atoms with E-state index in [-0.39, 0.29) is 17.6 Å². The summed E-state index contributed by atoms with van der Waals surface area (Å²) in [5, 5.41) is 7.39. The Morgan fingerprint density at radius 3 is 2.19 bits per heavy atom. The molecule has 2 aromatic heterocycles. The molecule has 0 radical (unpaired) electrons. The third-order valence-corrected chi connectivity index (χ3v) is 3.72. The molecule has 21 heavy (non-hydrogen) atoms. The molecule has 114 valence electrons. The zero-order valence-electron chi connectivity index (χ0n) is 13.4. The Morgan fingerprint density at radius 2 is 1.67 bits per heavy atom. The zero-order valence-corrected chi connectivity index (χ0v) is 13.4. The monoisotopic (exact) mass is 290 g/mol. The summed E-state index contributed by atoms with van der Waals surface area (Å²) in [6.45, 7) is 11.4. The van der Waals surface area contributed by atoms with Crippen molar-refractivity contribution in [3.05, 3.63) is 44.5 Å². The maximum Gasteiger partial charge on any atom is 0.255 e. The molecule has 2 atom stereocenters. The van der Waals surface area contributed by atoms with Gasteiger partial charge < -0.3 is 14.8 Å². The summed E-state index contributed by atoms with van der Waals surface area (Å²) in [5.74, 6) is 1.43. The molecule has 0 saturated carbocycles. The molecule has 0 aliphatic carbocycles. The Hall–Kier alpha value is -1.95. The fraction of sp³-hybridized carbons (Fsp3) is 0.533. The Labute approximate surface area is 124 Å². The molecule has 6 heteroatoms. The van der Waals surface area contributed by atoms with Crippen molar-refractivity contribution in [1.82, 2.24) is 20.4 Å². The van der Waals surface area contributed by atoms with Crippen LogP contribution in [0.4, 0.5) is 0 Å². The van der Waals surface area contributed by atoms with Crippen molar-refractivity contribution in [3.63, 3.8) is 0 Å². The number of aromatic amines is 1. The molecule has 0 spiro atoms. The summed E-state index contributed by atoms with van der Waals surface area (Å²) in [6, 6.07) is -0.0862. The first-order chi connectivity index (χ1) is 9.81. The van der Waals surface area contributed by atoms with Crippen molar-refractivity contribution in [3.8, 4) is 0 Å². The maximum absolute atomic E-state index is 12.1. The highest BCUT2D eigenvalue weighted by Crippen LogP contribution is 2.24. The summed E-state index contributed by atoms with van der Waals surface area (Å²) >= 11 is 0. The van der Waals surface area contributed by atoms with E-state index in [2.05, 4.69) is 20.4 Å². The van der Waals surface area contributed by atoms with E-state index < -0.39 is 0 Å². The van der Waals surface area contributed by atoms with Gasteiger partial charge in [-0.1, -0.05) is 5.16 Å². The number of rotatable bonds is 4. The smallest absolute Gasteiger partial charge is 0.255 e. The summed E-state index contributed by atoms with van der Waals surface area (Å²) in [4.78, 5) is 19.2. The highest BCUT2D eigenvalue weighted by atomic mass is 16.5. The second-order valence-corrected chi connectivity index (χ2v) is 5.50. The van der Waals surface area contributed by atoms with Crippen molar-refractivity contribution >= 4 is 0 Å². The van der Waals surface area contributed by atoms with Gasteiger partial charge in [-0.05, 0) is 41.5 Å². The van der Waals surface area contributed by atoms with E-state index in [1.54, 1.807) is 6.92 Å². The number of nitrogens with one attached hydrogen (secondary N) is 2. The Kier molecular flexibility index (Phi) is 4.27. The second-order valence-electron chi connectivity index (χ2n) is 5.50. The molecule has 0 bridgehead atoms. The third kappa shape index (κ3) is 3.05. The van der Waals surface area contributed by atoms with Crippen LogP contribution in [0.25, 0.3) is 0 Å². The van der Waals surface area contributed by atoms with Gasteiger partial charge in [0.05, 0.1) is 11.3 Å². The number of H-pyrrole nitrogens is 1. The standard InChI is InChI=1S/C15H22N4O2/c1-7(13-10(4)19-21-11(13)5)16-8(2)14-9(3)17-12(6)18-15(14)20/h7-8,16H,1-6H3,(H,17,18,20). The van der Waals surface area contributed by atoms with Crippen LogP contribution in [0.3, 0.4) is 0 Å². The van der Waals surface area contributed by atoms with E-state index in [4.69, 9.17) is 4.52 Å². The van der Waals surface area contributed by atoms with Gasteiger partial charge in [-0.3, -0.25) is 4.79 Å². The van der Waals surface area contributed by atoms with Crippen LogP contribution in [0.15, 0.2) is 9.32 Å². The van der Waals surface area contributed by atoms with Gasteiger partial charge in [-0.25, -0.2) is 4.98 Å². The number of hydrogen-bond acceptors (Lipinski definition) is 5. The first-order valence-electron chi connectivity index (χ1n) is 7.07. The summed E-state index contributed by atoms with van der Waals surface area (Å²) < 4.78 is 5.20. The molecule has 0 saturated heterocycles. The quantitative estimate of drug-likeness (QED) is 0.903. The number of hydrogen-bond donors (Lipinski definition) is 2. The van der Waals surface area contributed by atoms with Crippen LogP contribution in [0.2, 0.25) is 0 Å². The predicted octanol–water partition coefficient (Wildman–Crippen LogP) is 2.40. The van der Waals surface area contributed by atoms with Gasteiger partial charge in [0.1, 0.15) is 11.6 Å². The fourth-order valence-corrected chi connectivity index (χ4v) is 2.90. The van der Waals surface area contributed by atoms with Crippen LogP contribution in [0.1, 0.15) is 60.0 Å². The average Bonchev–Trinajstić information content (AvgIpc) is 2.67. The minimum atomic E-state index is -0.120. The highest BCUT2D eigenvalue weighted by Gasteiger charge is 2.21. The molecule has 0 aliphatic heterocycles. The van der Waals surface area contributed by atoms with Gasteiger partial charge in [-0.2, -0.15) is 0 Å². The largest absolute Gasteiger partial charge is 0.361 e. The Balaban J connectivity index is 2.27. The van der Waals surface area contributed by atoms with E-state index in [1.165, 1.54) is 0 Å². The lowest BCUT2D eigenvalue weighted by molar-refractivity contribution is 0.389. The van der Waals surface area contributed by atoms with Crippen molar-refractivity contribution in [2.24, 2.45) is 0 Å². The van der Waals surface area contributed by atoms with E-state index in [0.29, 0.717) is 11.4 Å². The number of aryl methyl sites for hydroxylation is 4. The Bertz CT molecular complexity index is 683. The molecule has 2 rings (SSSR count). The summed E-state index contributed by atoms with van der Waals surface area (Å²) in [7, 11) is 0. The topological polar surface area (TPSA) is 83.8 Å². The van der Waals surface area contributed by atoms with Crippen LogP contribution in [-0.2, 0) is 0 Å². The van der Waals surface area contributed by atoms with Crippen LogP contribution in [0, 0.1) is 27.7 Å². The lowest BCUT2D eigenvalue weighted by Gasteiger charge is -2.20. The lowest BCUT2D eigenvalue weighted by Crippen LogP contribution is -2.30. The van der Waals surface area contributed by atoms with Gasteiger partial charge in [-0.15, -0.1) is 0 Å². The van der Waals surface area contributed by atoms with E-state index >= 15 is 0 Å². The van der Waals surface area contributed by atoms with Crippen LogP contribution in [0.5, 0.6) is 0 Å². The summed E-state index contributed by atoms with van der Waals surface area (Å²) in [6.07, 6.45) is 0. The fourth-order valence-electron chi connectivity index (χ4n) is 2.90. The van der Waals surface area contributed by atoms with Crippen molar-refractivity contribution in [2.75, 3.05) is 0 Å². The van der Waals surface area contributed by atoms with Crippen LogP contribution in [-0.4, -0.2) is 15.1 Å². The van der Waals surface area contributed by atoms with Crippen LogP contribution >= 0.6 is 0 Å². The predicted molar refractivity (Wildman–Crippen MR) is 80.3 cm³/mol. The van der Waals surface area contributed by atoms with Gasteiger partial charge in [0, 0.05) is 23.3 Å². The first kappa shape index (κ1) is 15.4. The average molecular weight is 290 g/mol. The minimum Gasteiger partial charge on any atom is -0.361 e. The lowest BCUT2D eigenvalue weighted by atomic mass is 10.0. The molecule has 2 unspecified atom stereocenters. The third-order valence-electron chi connectivity index (χ3n) is 3.72. The normalized spacial score (nSPS) is 14.2. The van der Waals surface area contributed by atoms with Crippen molar-refractivity contribution < 1.29 is 4.52 Å². The van der Waals surface area contributed by atoms with E-state index in [9.17, 15) is 4.79 Å². The van der Waals surface area contributed by atoms with Gasteiger partial charge >= 0.3 is 0 Å². The molecule has 6 nitrogen and oxygen atoms in total. The zero-order chi connectivity index (χ0) is 15.7. The van der Waals surface area contributed by atoms with Crippen LogP contribution < -0.4 is 10.9 Å². The molecule has 0 fully saturated rings. The maximum atomic E-state index is 12.1. The molecule has 0 amide bonds. The highest BCUT2D eigenvalue weighted by molar-refractivity contribution is 5.26. The molecule has 2 aromatic rings.